The maximum atomic E-state index is 12.5. The smallest absolute Gasteiger partial charge is 0.347 e. The number of benzene rings is 3. The highest BCUT2D eigenvalue weighted by molar-refractivity contribution is 5.94. The Morgan fingerprint density at radius 1 is 0.654 bits per heavy atom. The lowest BCUT2D eigenvalue weighted by Gasteiger charge is -2.11. The molecule has 0 atom stereocenters. The van der Waals surface area contributed by atoms with Crippen molar-refractivity contribution < 1.29 is 23.7 Å². The predicted octanol–water partition coefficient (Wildman–Crippen LogP) is 4.72. The van der Waals surface area contributed by atoms with Gasteiger partial charge in [-0.25, -0.2) is 4.79 Å². The van der Waals surface area contributed by atoms with Gasteiger partial charge < -0.3 is 18.9 Å². The van der Waals surface area contributed by atoms with Crippen LogP contribution in [-0.4, -0.2) is 20.2 Å². The van der Waals surface area contributed by atoms with Gasteiger partial charge in [-0.2, -0.15) is 0 Å². The zero-order chi connectivity index (χ0) is 18.4. The Morgan fingerprint density at radius 3 is 1.73 bits per heavy atom. The highest BCUT2D eigenvalue weighted by atomic mass is 16.5. The second kappa shape index (κ2) is 8.07. The van der Waals surface area contributed by atoms with Crippen LogP contribution in [0.2, 0.25) is 0 Å². The maximum absolute atomic E-state index is 12.5. The summed E-state index contributed by atoms with van der Waals surface area (Å²) in [6, 6.07) is 20.8. The van der Waals surface area contributed by atoms with E-state index >= 15 is 0 Å². The van der Waals surface area contributed by atoms with Gasteiger partial charge in [0.25, 0.3) is 0 Å². The summed E-state index contributed by atoms with van der Waals surface area (Å²) in [5, 5.41) is 0. The molecule has 5 nitrogen and oxygen atoms in total. The Labute approximate surface area is 151 Å². The zero-order valence-corrected chi connectivity index (χ0v) is 14.5. The highest BCUT2D eigenvalue weighted by Crippen LogP contribution is 2.28. The minimum atomic E-state index is -0.501. The van der Waals surface area contributed by atoms with Crippen molar-refractivity contribution >= 4 is 5.97 Å². The third kappa shape index (κ3) is 4.13. The van der Waals surface area contributed by atoms with Gasteiger partial charge in [-0.3, -0.25) is 0 Å². The third-order valence-corrected chi connectivity index (χ3v) is 3.66. The number of hydrogen-bond acceptors (Lipinski definition) is 5. The summed E-state index contributed by atoms with van der Waals surface area (Å²) < 4.78 is 21.5. The van der Waals surface area contributed by atoms with Gasteiger partial charge in [0.2, 0.25) is 0 Å². The first-order chi connectivity index (χ1) is 12.7. The van der Waals surface area contributed by atoms with Gasteiger partial charge in [-0.1, -0.05) is 12.1 Å². The fourth-order valence-corrected chi connectivity index (χ4v) is 2.30. The molecule has 0 aliphatic carbocycles. The average molecular weight is 350 g/mol. The van der Waals surface area contributed by atoms with Gasteiger partial charge in [0.05, 0.1) is 14.2 Å². The molecule has 132 valence electrons. The fourth-order valence-electron chi connectivity index (χ4n) is 2.30. The van der Waals surface area contributed by atoms with E-state index in [1.807, 2.05) is 0 Å². The van der Waals surface area contributed by atoms with Crippen LogP contribution in [0.4, 0.5) is 0 Å². The summed E-state index contributed by atoms with van der Waals surface area (Å²) in [5.74, 6) is 2.35. The first kappa shape index (κ1) is 17.4. The Bertz CT molecular complexity index is 870. The minimum absolute atomic E-state index is 0.333. The molecule has 0 radical (unpaired) electrons. The van der Waals surface area contributed by atoms with E-state index < -0.39 is 5.97 Å². The molecule has 0 amide bonds. The molecule has 3 aromatic carbocycles. The summed E-state index contributed by atoms with van der Waals surface area (Å²) in [7, 11) is 3.17. The average Bonchev–Trinajstić information content (AvgIpc) is 2.69. The second-order valence-corrected chi connectivity index (χ2v) is 5.34. The third-order valence-electron chi connectivity index (χ3n) is 3.66. The molecule has 26 heavy (non-hydrogen) atoms. The van der Waals surface area contributed by atoms with E-state index in [0.717, 1.165) is 5.75 Å². The topological polar surface area (TPSA) is 54.0 Å². The van der Waals surface area contributed by atoms with Crippen molar-refractivity contribution in [3.05, 3.63) is 78.4 Å². The summed E-state index contributed by atoms with van der Waals surface area (Å²) in [5.41, 5.74) is 0.333. The van der Waals surface area contributed by atoms with Gasteiger partial charge in [-0.15, -0.1) is 0 Å². The quantitative estimate of drug-likeness (QED) is 0.476. The lowest BCUT2D eigenvalue weighted by atomic mass is 10.2. The van der Waals surface area contributed by atoms with Crippen molar-refractivity contribution in [2.45, 2.75) is 0 Å². The standard InChI is InChI=1S/C21H18O5/c1-23-15-7-11-17(12-8-15)25-20-6-4-3-5-19(20)21(22)26-18-13-9-16(24-2)10-14-18/h3-14H,1-2H3. The van der Waals surface area contributed by atoms with E-state index in [-0.39, 0.29) is 0 Å². The molecule has 0 saturated heterocycles. The van der Waals surface area contributed by atoms with Crippen LogP contribution in [0.3, 0.4) is 0 Å². The second-order valence-electron chi connectivity index (χ2n) is 5.34. The molecule has 0 N–H and O–H groups in total. The maximum Gasteiger partial charge on any atom is 0.347 e. The Morgan fingerprint density at radius 2 is 1.15 bits per heavy atom. The Hall–Kier alpha value is -3.47. The SMILES string of the molecule is COc1ccc(OC(=O)c2ccccc2Oc2ccc(OC)cc2)cc1. The molecule has 0 unspecified atom stereocenters. The van der Waals surface area contributed by atoms with Crippen molar-refractivity contribution in [1.82, 2.24) is 0 Å². The molecule has 0 aliphatic rings. The molecule has 5 heteroatoms. The van der Waals surface area contributed by atoms with Crippen molar-refractivity contribution in [1.29, 1.82) is 0 Å². The fraction of sp³-hybridized carbons (Fsp3) is 0.0952. The van der Waals surface area contributed by atoms with E-state index in [2.05, 4.69) is 0 Å². The van der Waals surface area contributed by atoms with Crippen molar-refractivity contribution in [2.75, 3.05) is 14.2 Å². The normalized spacial score (nSPS) is 10.1. The number of esters is 1. The van der Waals surface area contributed by atoms with Gasteiger partial charge in [0.15, 0.2) is 0 Å². The number of carbonyl (C=O) groups is 1. The number of carbonyl (C=O) groups excluding carboxylic acids is 1. The van der Waals surface area contributed by atoms with Crippen LogP contribution in [-0.2, 0) is 0 Å². The predicted molar refractivity (Wildman–Crippen MR) is 97.5 cm³/mol. The van der Waals surface area contributed by atoms with E-state index in [0.29, 0.717) is 28.6 Å². The van der Waals surface area contributed by atoms with Crippen molar-refractivity contribution in [3.8, 4) is 28.7 Å². The Kier molecular flexibility index (Phi) is 5.39. The van der Waals surface area contributed by atoms with Crippen LogP contribution in [0.1, 0.15) is 10.4 Å². The molecular weight excluding hydrogens is 332 g/mol. The summed E-state index contributed by atoms with van der Waals surface area (Å²) in [6.45, 7) is 0. The summed E-state index contributed by atoms with van der Waals surface area (Å²) in [6.07, 6.45) is 0. The van der Waals surface area contributed by atoms with Gasteiger partial charge in [0.1, 0.15) is 34.3 Å². The van der Waals surface area contributed by atoms with E-state index in [1.54, 1.807) is 87.0 Å². The van der Waals surface area contributed by atoms with Gasteiger partial charge in [0, 0.05) is 0 Å². The number of para-hydroxylation sites is 1. The molecule has 3 rings (SSSR count). The van der Waals surface area contributed by atoms with Crippen LogP contribution in [0.15, 0.2) is 72.8 Å². The number of methoxy groups -OCH3 is 2. The largest absolute Gasteiger partial charge is 0.497 e. The molecule has 0 bridgehead atoms. The molecule has 0 spiro atoms. The first-order valence-electron chi connectivity index (χ1n) is 7.97. The summed E-state index contributed by atoms with van der Waals surface area (Å²) >= 11 is 0. The zero-order valence-electron chi connectivity index (χ0n) is 14.5. The van der Waals surface area contributed by atoms with Gasteiger partial charge in [-0.05, 0) is 60.7 Å². The van der Waals surface area contributed by atoms with E-state index in [4.69, 9.17) is 18.9 Å². The van der Waals surface area contributed by atoms with Crippen LogP contribution in [0.5, 0.6) is 28.7 Å². The molecular formula is C21H18O5. The van der Waals surface area contributed by atoms with Crippen molar-refractivity contribution in [2.24, 2.45) is 0 Å². The van der Waals surface area contributed by atoms with Crippen LogP contribution in [0, 0.1) is 0 Å². The van der Waals surface area contributed by atoms with E-state index in [1.165, 1.54) is 0 Å². The molecule has 0 fully saturated rings. The summed E-state index contributed by atoms with van der Waals surface area (Å²) in [4.78, 5) is 12.5. The lowest BCUT2D eigenvalue weighted by Crippen LogP contribution is -2.09. The first-order valence-corrected chi connectivity index (χ1v) is 7.97. The molecule has 0 aliphatic heterocycles. The number of hydrogen-bond donors (Lipinski definition) is 0. The molecule has 3 aromatic rings. The number of ether oxygens (including phenoxy) is 4. The Balaban J connectivity index is 1.77. The monoisotopic (exact) mass is 350 g/mol. The van der Waals surface area contributed by atoms with Crippen LogP contribution >= 0.6 is 0 Å². The lowest BCUT2D eigenvalue weighted by molar-refractivity contribution is 0.0732. The van der Waals surface area contributed by atoms with E-state index in [9.17, 15) is 4.79 Å². The molecule has 0 aromatic heterocycles. The van der Waals surface area contributed by atoms with Crippen LogP contribution < -0.4 is 18.9 Å². The minimum Gasteiger partial charge on any atom is -0.497 e. The molecule has 0 heterocycles. The molecule has 0 saturated carbocycles. The highest BCUT2D eigenvalue weighted by Gasteiger charge is 2.15. The van der Waals surface area contributed by atoms with Crippen molar-refractivity contribution in [3.63, 3.8) is 0 Å². The number of rotatable bonds is 6. The van der Waals surface area contributed by atoms with Gasteiger partial charge >= 0.3 is 5.97 Å². The van der Waals surface area contributed by atoms with Crippen LogP contribution in [0.25, 0.3) is 0 Å².